The van der Waals surface area contributed by atoms with E-state index in [4.69, 9.17) is 0 Å². The Hall–Kier alpha value is -2.30. The van der Waals surface area contributed by atoms with Gasteiger partial charge in [-0.25, -0.2) is 4.79 Å². The first-order chi connectivity index (χ1) is 12.7. The first kappa shape index (κ1) is 18.5. The van der Waals surface area contributed by atoms with Crippen LogP contribution in [0.2, 0.25) is 0 Å². The molecule has 0 radical (unpaired) electrons. The highest BCUT2D eigenvalue weighted by Crippen LogP contribution is 2.20. The number of allylic oxidation sites excluding steroid dienone is 1. The minimum absolute atomic E-state index is 0.0336. The maximum Gasteiger partial charge on any atom is 0.319 e. The van der Waals surface area contributed by atoms with Crippen LogP contribution in [0.15, 0.2) is 35.9 Å². The van der Waals surface area contributed by atoms with Gasteiger partial charge < -0.3 is 16.0 Å². The number of amides is 3. The fourth-order valence-electron chi connectivity index (χ4n) is 3.69. The highest BCUT2D eigenvalue weighted by atomic mass is 16.2. The Labute approximate surface area is 155 Å². The lowest BCUT2D eigenvalue weighted by molar-refractivity contribution is 0.0938. The number of rotatable bonds is 6. The average molecular weight is 355 g/mol. The Morgan fingerprint density at radius 1 is 1.00 bits per heavy atom. The summed E-state index contributed by atoms with van der Waals surface area (Å²) in [6, 6.07) is 7.16. The lowest BCUT2D eigenvalue weighted by Crippen LogP contribution is -2.32. The molecule has 0 aliphatic heterocycles. The third-order valence-corrected chi connectivity index (χ3v) is 5.21. The lowest BCUT2D eigenvalue weighted by atomic mass is 9.97. The van der Waals surface area contributed by atoms with Crippen molar-refractivity contribution in [1.82, 2.24) is 10.6 Å². The highest BCUT2D eigenvalue weighted by Gasteiger charge is 2.17. The predicted molar refractivity (Wildman–Crippen MR) is 104 cm³/mol. The molecule has 0 spiro atoms. The summed E-state index contributed by atoms with van der Waals surface area (Å²) in [5.74, 6) is -0.0336. The van der Waals surface area contributed by atoms with Crippen LogP contribution in [0, 0.1) is 0 Å². The van der Waals surface area contributed by atoms with Gasteiger partial charge in [0.25, 0.3) is 5.91 Å². The molecule has 0 saturated heterocycles. The zero-order valence-electron chi connectivity index (χ0n) is 15.4. The summed E-state index contributed by atoms with van der Waals surface area (Å²) >= 11 is 0. The second-order valence-electron chi connectivity index (χ2n) is 7.27. The summed E-state index contributed by atoms with van der Waals surface area (Å²) in [7, 11) is 0. The molecule has 1 aromatic rings. The molecule has 0 aromatic heterocycles. The van der Waals surface area contributed by atoms with E-state index < -0.39 is 0 Å². The molecule has 0 heterocycles. The molecule has 140 valence electrons. The van der Waals surface area contributed by atoms with Crippen molar-refractivity contribution in [3.8, 4) is 0 Å². The molecule has 26 heavy (non-hydrogen) atoms. The van der Waals surface area contributed by atoms with Gasteiger partial charge in [-0.3, -0.25) is 4.79 Å². The number of hydrogen-bond donors (Lipinski definition) is 3. The van der Waals surface area contributed by atoms with Gasteiger partial charge in [0.1, 0.15) is 0 Å². The molecule has 3 rings (SSSR count). The number of urea groups is 1. The molecular weight excluding hydrogens is 326 g/mol. The van der Waals surface area contributed by atoms with E-state index in [2.05, 4.69) is 22.0 Å². The second kappa shape index (κ2) is 9.41. The van der Waals surface area contributed by atoms with E-state index in [0.717, 1.165) is 25.7 Å². The van der Waals surface area contributed by atoms with E-state index in [0.29, 0.717) is 23.8 Å². The van der Waals surface area contributed by atoms with Crippen molar-refractivity contribution >= 4 is 17.6 Å². The van der Waals surface area contributed by atoms with E-state index in [-0.39, 0.29) is 11.9 Å². The smallest absolute Gasteiger partial charge is 0.319 e. The van der Waals surface area contributed by atoms with Crippen LogP contribution in [-0.2, 0) is 0 Å². The van der Waals surface area contributed by atoms with Gasteiger partial charge in [0.2, 0.25) is 0 Å². The van der Waals surface area contributed by atoms with Gasteiger partial charge in [-0.05, 0) is 69.2 Å². The van der Waals surface area contributed by atoms with Crippen LogP contribution in [0.25, 0.3) is 0 Å². The average Bonchev–Trinajstić information content (AvgIpc) is 3.16. The van der Waals surface area contributed by atoms with Gasteiger partial charge >= 0.3 is 6.03 Å². The van der Waals surface area contributed by atoms with Gasteiger partial charge in [0.05, 0.1) is 0 Å². The normalized spacial score (nSPS) is 17.5. The van der Waals surface area contributed by atoms with Crippen molar-refractivity contribution in [2.45, 2.75) is 63.8 Å². The maximum absolute atomic E-state index is 12.2. The molecule has 1 fully saturated rings. The van der Waals surface area contributed by atoms with Gasteiger partial charge in [0, 0.05) is 23.8 Å². The molecule has 0 atom stereocenters. The fourth-order valence-corrected chi connectivity index (χ4v) is 3.69. The van der Waals surface area contributed by atoms with Gasteiger partial charge in [-0.1, -0.05) is 24.5 Å². The van der Waals surface area contributed by atoms with E-state index >= 15 is 0 Å². The number of hydrogen-bond acceptors (Lipinski definition) is 2. The Morgan fingerprint density at radius 3 is 2.46 bits per heavy atom. The third-order valence-electron chi connectivity index (χ3n) is 5.21. The second-order valence-corrected chi connectivity index (χ2v) is 7.27. The Bertz CT molecular complexity index is 646. The van der Waals surface area contributed by atoms with Gasteiger partial charge in [-0.15, -0.1) is 0 Å². The van der Waals surface area contributed by atoms with Crippen molar-refractivity contribution in [2.24, 2.45) is 0 Å². The Balaban J connectivity index is 1.40. The van der Waals surface area contributed by atoms with E-state index in [1.165, 1.54) is 37.7 Å². The van der Waals surface area contributed by atoms with Crippen LogP contribution in [0.4, 0.5) is 10.5 Å². The first-order valence-electron chi connectivity index (χ1n) is 9.84. The van der Waals surface area contributed by atoms with E-state index in [1.54, 1.807) is 24.3 Å². The lowest BCUT2D eigenvalue weighted by Gasteiger charge is -2.14. The Morgan fingerprint density at radius 2 is 1.77 bits per heavy atom. The van der Waals surface area contributed by atoms with Crippen molar-refractivity contribution in [3.05, 3.63) is 41.5 Å². The molecule has 1 saturated carbocycles. The molecule has 0 unspecified atom stereocenters. The number of carbonyl (C=O) groups excluding carboxylic acids is 2. The van der Waals surface area contributed by atoms with Crippen LogP contribution in [0.1, 0.15) is 68.1 Å². The minimum Gasteiger partial charge on any atom is -0.349 e. The van der Waals surface area contributed by atoms with Crippen LogP contribution in [0.5, 0.6) is 0 Å². The van der Waals surface area contributed by atoms with E-state index in [1.807, 2.05) is 0 Å². The number of benzene rings is 1. The SMILES string of the molecule is O=C(NCCC1=CCCCC1)Nc1ccc(C(=O)NC2CCCC2)cc1. The maximum atomic E-state index is 12.2. The van der Waals surface area contributed by atoms with Crippen LogP contribution < -0.4 is 16.0 Å². The summed E-state index contributed by atoms with van der Waals surface area (Å²) in [6.07, 6.45) is 12.6. The number of carbonyl (C=O) groups is 2. The van der Waals surface area contributed by atoms with Crippen LogP contribution >= 0.6 is 0 Å². The van der Waals surface area contributed by atoms with Crippen molar-refractivity contribution < 1.29 is 9.59 Å². The molecular formula is C21H29N3O2. The molecule has 2 aliphatic rings. The zero-order valence-corrected chi connectivity index (χ0v) is 15.4. The number of anilines is 1. The molecule has 2 aliphatic carbocycles. The summed E-state index contributed by atoms with van der Waals surface area (Å²) in [6.45, 7) is 0.652. The minimum atomic E-state index is -0.204. The number of nitrogens with one attached hydrogen (secondary N) is 3. The monoisotopic (exact) mass is 355 g/mol. The highest BCUT2D eigenvalue weighted by molar-refractivity contribution is 5.95. The largest absolute Gasteiger partial charge is 0.349 e. The molecule has 5 nitrogen and oxygen atoms in total. The van der Waals surface area contributed by atoms with Crippen molar-refractivity contribution in [3.63, 3.8) is 0 Å². The molecule has 1 aromatic carbocycles. The summed E-state index contributed by atoms with van der Waals surface area (Å²) < 4.78 is 0. The first-order valence-corrected chi connectivity index (χ1v) is 9.84. The molecule has 3 N–H and O–H groups in total. The van der Waals surface area contributed by atoms with Crippen LogP contribution in [-0.4, -0.2) is 24.5 Å². The fraction of sp³-hybridized carbons (Fsp3) is 0.524. The predicted octanol–water partition coefficient (Wildman–Crippen LogP) is 4.37. The van der Waals surface area contributed by atoms with Crippen LogP contribution in [0.3, 0.4) is 0 Å². The summed E-state index contributed by atoms with van der Waals surface area (Å²) in [5, 5.41) is 8.78. The Kier molecular flexibility index (Phi) is 6.69. The molecule has 3 amide bonds. The topological polar surface area (TPSA) is 70.2 Å². The molecule has 5 heteroatoms. The van der Waals surface area contributed by atoms with Crippen molar-refractivity contribution in [1.29, 1.82) is 0 Å². The molecule has 0 bridgehead atoms. The summed E-state index contributed by atoms with van der Waals surface area (Å²) in [5.41, 5.74) is 2.78. The summed E-state index contributed by atoms with van der Waals surface area (Å²) in [4.78, 5) is 24.2. The van der Waals surface area contributed by atoms with Crippen molar-refractivity contribution in [2.75, 3.05) is 11.9 Å². The third kappa shape index (κ3) is 5.61. The standard InChI is InChI=1S/C21H29N3O2/c25-20(23-18-8-4-5-9-18)17-10-12-19(13-11-17)24-21(26)22-15-14-16-6-2-1-3-7-16/h6,10-13,18H,1-5,7-9,14-15H2,(H,23,25)(H2,22,24,26). The van der Waals surface area contributed by atoms with E-state index in [9.17, 15) is 9.59 Å². The van der Waals surface area contributed by atoms with Gasteiger partial charge in [0.15, 0.2) is 0 Å². The van der Waals surface area contributed by atoms with Gasteiger partial charge in [-0.2, -0.15) is 0 Å². The quantitative estimate of drug-likeness (QED) is 0.663. The zero-order chi connectivity index (χ0) is 18.2.